The number of rotatable bonds is 7. The molecule has 1 aromatic rings. The average molecular weight is 292 g/mol. The van der Waals surface area contributed by atoms with Crippen molar-refractivity contribution < 1.29 is 14.3 Å². The fourth-order valence-corrected chi connectivity index (χ4v) is 1.96. The lowest BCUT2D eigenvalue weighted by Gasteiger charge is -2.21. The Bertz CT molecular complexity index is 469. The van der Waals surface area contributed by atoms with Gasteiger partial charge >= 0.3 is 0 Å². The lowest BCUT2D eigenvalue weighted by molar-refractivity contribution is -0.122. The Hall–Kier alpha value is -1.88. The molecule has 5 nitrogen and oxygen atoms in total. The second-order valence-electron chi connectivity index (χ2n) is 5.17. The Morgan fingerprint density at radius 3 is 2.33 bits per heavy atom. The maximum atomic E-state index is 12.4. The van der Waals surface area contributed by atoms with Crippen LogP contribution in [0.2, 0.25) is 0 Å². The van der Waals surface area contributed by atoms with Gasteiger partial charge in [0.2, 0.25) is 5.91 Å². The molecule has 0 aromatic heterocycles. The van der Waals surface area contributed by atoms with Crippen molar-refractivity contribution in [3.05, 3.63) is 35.4 Å². The second-order valence-corrected chi connectivity index (χ2v) is 5.17. The summed E-state index contributed by atoms with van der Waals surface area (Å²) in [5, 5.41) is 2.79. The molecule has 1 rings (SSSR count). The summed E-state index contributed by atoms with van der Waals surface area (Å²) in [6, 6.07) is 7.32. The summed E-state index contributed by atoms with van der Waals surface area (Å²) in [5.74, 6) is -0.281. The molecule has 0 spiro atoms. The van der Waals surface area contributed by atoms with Crippen molar-refractivity contribution in [2.24, 2.45) is 0 Å². The quantitative estimate of drug-likeness (QED) is 0.834. The van der Waals surface area contributed by atoms with Crippen molar-refractivity contribution in [3.8, 4) is 0 Å². The largest absolute Gasteiger partial charge is 0.380 e. The molecule has 0 bridgehead atoms. The van der Waals surface area contributed by atoms with Crippen LogP contribution < -0.4 is 5.32 Å². The number of carbonyl (C=O) groups excluding carboxylic acids is 2. The number of hydrogen-bond donors (Lipinski definition) is 1. The molecule has 21 heavy (non-hydrogen) atoms. The fourth-order valence-electron chi connectivity index (χ4n) is 1.96. The van der Waals surface area contributed by atoms with Gasteiger partial charge in [-0.25, -0.2) is 0 Å². The van der Waals surface area contributed by atoms with Crippen LogP contribution in [0, 0.1) is 0 Å². The molecule has 0 saturated carbocycles. The van der Waals surface area contributed by atoms with Crippen molar-refractivity contribution in [3.63, 3.8) is 0 Å². The number of methoxy groups -OCH3 is 1. The molecule has 0 aliphatic heterocycles. The van der Waals surface area contributed by atoms with E-state index in [0.29, 0.717) is 18.7 Å². The van der Waals surface area contributed by atoms with E-state index in [4.69, 9.17) is 4.74 Å². The van der Waals surface area contributed by atoms with Crippen molar-refractivity contribution in [2.75, 3.05) is 20.2 Å². The summed E-state index contributed by atoms with van der Waals surface area (Å²) in [7, 11) is 1.63. The van der Waals surface area contributed by atoms with Crippen molar-refractivity contribution in [1.29, 1.82) is 0 Å². The molecule has 0 atom stereocenters. The average Bonchev–Trinajstić information content (AvgIpc) is 2.44. The molecule has 0 aliphatic rings. The Morgan fingerprint density at radius 1 is 1.24 bits per heavy atom. The number of nitrogens with one attached hydrogen (secondary N) is 1. The molecule has 0 aliphatic carbocycles. The SMILES string of the molecule is CCN(CC(=O)NC(C)C)C(=O)c1ccc(COC)cc1. The standard InChI is InChI=1S/C16H24N2O3/c1-5-18(10-15(19)17-12(2)3)16(20)14-8-6-13(7-9-14)11-21-4/h6-9,12H,5,10-11H2,1-4H3,(H,17,19). The van der Waals surface area contributed by atoms with E-state index in [-0.39, 0.29) is 24.4 Å². The van der Waals surface area contributed by atoms with Crippen LogP contribution in [-0.4, -0.2) is 43.0 Å². The molecular formula is C16H24N2O3. The molecule has 1 aromatic carbocycles. The highest BCUT2D eigenvalue weighted by molar-refractivity contribution is 5.96. The fraction of sp³-hybridized carbons (Fsp3) is 0.500. The molecule has 0 radical (unpaired) electrons. The summed E-state index contributed by atoms with van der Waals surface area (Å²) in [5.41, 5.74) is 1.59. The topological polar surface area (TPSA) is 58.6 Å². The van der Waals surface area contributed by atoms with Gasteiger partial charge in [0.05, 0.1) is 13.2 Å². The molecule has 116 valence electrons. The van der Waals surface area contributed by atoms with E-state index in [9.17, 15) is 9.59 Å². The number of nitrogens with zero attached hydrogens (tertiary/aromatic N) is 1. The second kappa shape index (κ2) is 8.42. The van der Waals surface area contributed by atoms with E-state index in [2.05, 4.69) is 5.32 Å². The van der Waals surface area contributed by atoms with Crippen LogP contribution in [0.4, 0.5) is 0 Å². The van der Waals surface area contributed by atoms with Gasteiger partial charge in [-0.2, -0.15) is 0 Å². The van der Waals surface area contributed by atoms with Crippen LogP contribution in [0.5, 0.6) is 0 Å². The maximum Gasteiger partial charge on any atom is 0.254 e. The first-order chi connectivity index (χ1) is 9.97. The molecule has 0 heterocycles. The van der Waals surface area contributed by atoms with Gasteiger partial charge in [-0.15, -0.1) is 0 Å². The van der Waals surface area contributed by atoms with Gasteiger partial charge in [-0.3, -0.25) is 9.59 Å². The Labute approximate surface area is 126 Å². The van der Waals surface area contributed by atoms with Crippen LogP contribution in [0.1, 0.15) is 36.7 Å². The summed E-state index contributed by atoms with van der Waals surface area (Å²) in [4.78, 5) is 25.7. The van der Waals surface area contributed by atoms with E-state index < -0.39 is 0 Å². The first-order valence-corrected chi connectivity index (χ1v) is 7.14. The van der Waals surface area contributed by atoms with Crippen molar-refractivity contribution >= 4 is 11.8 Å². The predicted molar refractivity (Wildman–Crippen MR) is 82.0 cm³/mol. The zero-order valence-corrected chi connectivity index (χ0v) is 13.2. The highest BCUT2D eigenvalue weighted by atomic mass is 16.5. The zero-order chi connectivity index (χ0) is 15.8. The van der Waals surface area contributed by atoms with Crippen molar-refractivity contribution in [2.45, 2.75) is 33.4 Å². The van der Waals surface area contributed by atoms with Crippen LogP contribution in [0.3, 0.4) is 0 Å². The Kier molecular flexibility index (Phi) is 6.88. The lowest BCUT2D eigenvalue weighted by Crippen LogP contribution is -2.42. The monoisotopic (exact) mass is 292 g/mol. The minimum Gasteiger partial charge on any atom is -0.380 e. The predicted octanol–water partition coefficient (Wildman–Crippen LogP) is 1.82. The molecule has 0 fully saturated rings. The maximum absolute atomic E-state index is 12.4. The Balaban J connectivity index is 2.71. The minimum absolute atomic E-state index is 0.0691. The van der Waals surface area contributed by atoms with E-state index >= 15 is 0 Å². The van der Waals surface area contributed by atoms with Gasteiger partial charge in [0.1, 0.15) is 0 Å². The Morgan fingerprint density at radius 2 is 1.86 bits per heavy atom. The van der Waals surface area contributed by atoms with Crippen LogP contribution in [0.15, 0.2) is 24.3 Å². The summed E-state index contributed by atoms with van der Waals surface area (Å²) < 4.78 is 5.04. The zero-order valence-electron chi connectivity index (χ0n) is 13.2. The van der Waals surface area contributed by atoms with Gasteiger partial charge in [0.15, 0.2) is 0 Å². The highest BCUT2D eigenvalue weighted by Crippen LogP contribution is 2.08. The van der Waals surface area contributed by atoms with E-state index in [1.54, 1.807) is 19.2 Å². The van der Waals surface area contributed by atoms with Gasteiger partial charge in [0, 0.05) is 25.3 Å². The smallest absolute Gasteiger partial charge is 0.254 e. The molecule has 2 amide bonds. The minimum atomic E-state index is -0.142. The number of benzene rings is 1. The van der Waals surface area contributed by atoms with E-state index in [1.165, 1.54) is 4.90 Å². The normalized spacial score (nSPS) is 10.5. The van der Waals surface area contributed by atoms with Gasteiger partial charge in [-0.05, 0) is 38.5 Å². The lowest BCUT2D eigenvalue weighted by atomic mass is 10.1. The van der Waals surface area contributed by atoms with Gasteiger partial charge in [0.25, 0.3) is 5.91 Å². The summed E-state index contributed by atoms with van der Waals surface area (Å²) in [6.07, 6.45) is 0. The molecule has 0 saturated heterocycles. The van der Waals surface area contributed by atoms with Gasteiger partial charge in [-0.1, -0.05) is 12.1 Å². The van der Waals surface area contributed by atoms with Crippen molar-refractivity contribution in [1.82, 2.24) is 10.2 Å². The van der Waals surface area contributed by atoms with Crippen LogP contribution in [0.25, 0.3) is 0 Å². The summed E-state index contributed by atoms with van der Waals surface area (Å²) in [6.45, 7) is 6.73. The number of carbonyl (C=O) groups is 2. The third-order valence-corrected chi connectivity index (χ3v) is 2.96. The molecule has 5 heteroatoms. The first kappa shape index (κ1) is 17.2. The van der Waals surface area contributed by atoms with Crippen LogP contribution >= 0.6 is 0 Å². The molecular weight excluding hydrogens is 268 g/mol. The molecule has 0 unspecified atom stereocenters. The van der Waals surface area contributed by atoms with E-state index in [0.717, 1.165) is 5.56 Å². The highest BCUT2D eigenvalue weighted by Gasteiger charge is 2.17. The summed E-state index contributed by atoms with van der Waals surface area (Å²) >= 11 is 0. The first-order valence-electron chi connectivity index (χ1n) is 7.14. The number of ether oxygens (including phenoxy) is 1. The number of likely N-dealkylation sites (N-methyl/N-ethyl adjacent to an activating group) is 1. The third kappa shape index (κ3) is 5.55. The number of hydrogen-bond acceptors (Lipinski definition) is 3. The van der Waals surface area contributed by atoms with Gasteiger partial charge < -0.3 is 15.0 Å². The molecule has 1 N–H and O–H groups in total. The van der Waals surface area contributed by atoms with E-state index in [1.807, 2.05) is 32.9 Å². The van der Waals surface area contributed by atoms with Crippen LogP contribution in [-0.2, 0) is 16.1 Å². The number of amides is 2. The third-order valence-electron chi connectivity index (χ3n) is 2.96.